The molecule has 1 aromatic carbocycles. The van der Waals surface area contributed by atoms with Crippen LogP contribution < -0.4 is 5.73 Å². The van der Waals surface area contributed by atoms with Crippen LogP contribution in [-0.4, -0.2) is 13.1 Å². The highest BCUT2D eigenvalue weighted by atomic mass is 35.5. The molecular weight excluding hydrogens is 250 g/mol. The van der Waals surface area contributed by atoms with E-state index in [0.29, 0.717) is 10.7 Å². The molecule has 4 heteroatoms. The maximum Gasteiger partial charge on any atom is 0.311 e. The van der Waals surface area contributed by atoms with Crippen LogP contribution in [0.4, 0.5) is 5.69 Å². The fraction of sp³-hybridized carbons (Fsp3) is 0.500. The van der Waals surface area contributed by atoms with Gasteiger partial charge in [-0.05, 0) is 49.8 Å². The highest BCUT2D eigenvalue weighted by Gasteiger charge is 2.50. The molecule has 0 aromatic heterocycles. The van der Waals surface area contributed by atoms with Gasteiger partial charge < -0.3 is 10.5 Å². The molecule has 1 aromatic rings. The molecule has 0 amide bonds. The van der Waals surface area contributed by atoms with Gasteiger partial charge in [0.25, 0.3) is 0 Å². The van der Waals surface area contributed by atoms with Gasteiger partial charge in [0.05, 0.1) is 23.2 Å². The Labute approximate surface area is 112 Å². The lowest BCUT2D eigenvalue weighted by Crippen LogP contribution is -2.17. The Morgan fingerprint density at radius 3 is 2.78 bits per heavy atom. The Hall–Kier alpha value is -1.22. The average molecular weight is 268 g/mol. The van der Waals surface area contributed by atoms with Crippen LogP contribution in [-0.2, 0) is 16.0 Å². The number of nitrogen functional groups attached to an aromatic ring is 1. The number of methoxy groups -OCH3 is 1. The molecule has 0 aliphatic heterocycles. The van der Waals surface area contributed by atoms with Crippen molar-refractivity contribution >= 4 is 23.3 Å². The Morgan fingerprint density at radius 2 is 2.22 bits per heavy atom. The molecule has 2 N–H and O–H groups in total. The van der Waals surface area contributed by atoms with Crippen LogP contribution in [0.3, 0.4) is 0 Å². The first-order valence-corrected chi connectivity index (χ1v) is 6.57. The number of halogens is 1. The summed E-state index contributed by atoms with van der Waals surface area (Å²) in [7, 11) is 1.46. The van der Waals surface area contributed by atoms with Gasteiger partial charge in [0, 0.05) is 0 Å². The number of hydrogen-bond donors (Lipinski definition) is 1. The van der Waals surface area contributed by atoms with Crippen molar-refractivity contribution in [2.24, 2.45) is 5.41 Å². The number of aryl methyl sites for hydroxylation is 1. The van der Waals surface area contributed by atoms with Crippen molar-refractivity contribution in [3.05, 3.63) is 28.8 Å². The SMILES string of the molecule is COC(=O)C1(CCCc2ccc(Cl)c(N)c2)CC1. The van der Waals surface area contributed by atoms with E-state index in [0.717, 1.165) is 37.7 Å². The third-order valence-electron chi connectivity index (χ3n) is 3.65. The highest BCUT2D eigenvalue weighted by Crippen LogP contribution is 2.50. The number of rotatable bonds is 5. The van der Waals surface area contributed by atoms with Gasteiger partial charge in [0.2, 0.25) is 0 Å². The van der Waals surface area contributed by atoms with Gasteiger partial charge in [-0.25, -0.2) is 0 Å². The average Bonchev–Trinajstić information content (AvgIpc) is 3.14. The fourth-order valence-corrected chi connectivity index (χ4v) is 2.42. The first kappa shape index (κ1) is 13.2. The largest absolute Gasteiger partial charge is 0.469 e. The van der Waals surface area contributed by atoms with Crippen LogP contribution in [0.2, 0.25) is 5.02 Å². The molecule has 1 aliphatic rings. The second kappa shape index (κ2) is 5.19. The van der Waals surface area contributed by atoms with E-state index in [1.165, 1.54) is 7.11 Å². The zero-order valence-electron chi connectivity index (χ0n) is 10.5. The molecule has 0 bridgehead atoms. The Balaban J connectivity index is 1.85. The third-order valence-corrected chi connectivity index (χ3v) is 4.00. The molecule has 18 heavy (non-hydrogen) atoms. The molecule has 0 heterocycles. The number of hydrogen-bond acceptors (Lipinski definition) is 3. The van der Waals surface area contributed by atoms with Crippen molar-refractivity contribution in [2.75, 3.05) is 12.8 Å². The number of ether oxygens (including phenoxy) is 1. The van der Waals surface area contributed by atoms with Gasteiger partial charge >= 0.3 is 5.97 Å². The third kappa shape index (κ3) is 2.78. The molecule has 1 aliphatic carbocycles. The molecule has 0 radical (unpaired) electrons. The van der Waals surface area contributed by atoms with Crippen LogP contribution in [0.15, 0.2) is 18.2 Å². The summed E-state index contributed by atoms with van der Waals surface area (Å²) < 4.78 is 4.84. The quantitative estimate of drug-likeness (QED) is 0.658. The van der Waals surface area contributed by atoms with Gasteiger partial charge in [0.15, 0.2) is 0 Å². The molecule has 98 valence electrons. The van der Waals surface area contributed by atoms with Crippen molar-refractivity contribution in [3.8, 4) is 0 Å². The first-order valence-electron chi connectivity index (χ1n) is 6.20. The zero-order valence-corrected chi connectivity index (χ0v) is 11.3. The van der Waals surface area contributed by atoms with E-state index >= 15 is 0 Å². The molecule has 1 fully saturated rings. The highest BCUT2D eigenvalue weighted by molar-refractivity contribution is 6.33. The molecule has 0 saturated heterocycles. The van der Waals surface area contributed by atoms with Crippen LogP contribution in [0.1, 0.15) is 31.2 Å². The lowest BCUT2D eigenvalue weighted by Gasteiger charge is -2.12. The van der Waals surface area contributed by atoms with Crippen molar-refractivity contribution in [3.63, 3.8) is 0 Å². The van der Waals surface area contributed by atoms with Gasteiger partial charge in [-0.1, -0.05) is 17.7 Å². The van der Waals surface area contributed by atoms with E-state index in [1.807, 2.05) is 18.2 Å². The molecule has 2 rings (SSSR count). The Kier molecular flexibility index (Phi) is 3.81. The maximum absolute atomic E-state index is 11.6. The summed E-state index contributed by atoms with van der Waals surface area (Å²) in [5.74, 6) is -0.0573. The standard InChI is InChI=1S/C14H18ClNO2/c1-18-13(17)14(7-8-14)6-2-3-10-4-5-11(15)12(16)9-10/h4-5,9H,2-3,6-8,16H2,1H3. The van der Waals surface area contributed by atoms with E-state index in [1.54, 1.807) is 0 Å². The summed E-state index contributed by atoms with van der Waals surface area (Å²) in [6.07, 6.45) is 4.70. The summed E-state index contributed by atoms with van der Waals surface area (Å²) in [5.41, 5.74) is 7.34. The van der Waals surface area contributed by atoms with Crippen molar-refractivity contribution < 1.29 is 9.53 Å². The monoisotopic (exact) mass is 267 g/mol. The zero-order chi connectivity index (χ0) is 13.2. The van der Waals surface area contributed by atoms with Gasteiger partial charge in [-0.2, -0.15) is 0 Å². The second-order valence-corrected chi connectivity index (χ2v) is 5.39. The second-order valence-electron chi connectivity index (χ2n) is 4.98. The van der Waals surface area contributed by atoms with E-state index in [4.69, 9.17) is 22.1 Å². The van der Waals surface area contributed by atoms with E-state index in [2.05, 4.69) is 0 Å². The van der Waals surface area contributed by atoms with Crippen molar-refractivity contribution in [1.82, 2.24) is 0 Å². The van der Waals surface area contributed by atoms with E-state index in [9.17, 15) is 4.79 Å². The first-order chi connectivity index (χ1) is 8.57. The molecule has 0 spiro atoms. The Morgan fingerprint density at radius 1 is 1.50 bits per heavy atom. The molecular formula is C14H18ClNO2. The number of esters is 1. The molecule has 3 nitrogen and oxygen atoms in total. The van der Waals surface area contributed by atoms with Crippen LogP contribution >= 0.6 is 11.6 Å². The lowest BCUT2D eigenvalue weighted by molar-refractivity contribution is -0.147. The fourth-order valence-electron chi connectivity index (χ4n) is 2.30. The minimum atomic E-state index is -0.188. The Bertz CT molecular complexity index is 455. The summed E-state index contributed by atoms with van der Waals surface area (Å²) >= 11 is 5.87. The number of carbonyl (C=O) groups excluding carboxylic acids is 1. The summed E-state index contributed by atoms with van der Waals surface area (Å²) in [6, 6.07) is 5.70. The summed E-state index contributed by atoms with van der Waals surface area (Å²) in [5, 5.41) is 0.590. The van der Waals surface area contributed by atoms with Crippen LogP contribution in [0, 0.1) is 5.41 Å². The smallest absolute Gasteiger partial charge is 0.311 e. The number of nitrogens with two attached hydrogens (primary N) is 1. The lowest BCUT2D eigenvalue weighted by atomic mass is 9.97. The van der Waals surface area contributed by atoms with Crippen molar-refractivity contribution in [2.45, 2.75) is 32.1 Å². The predicted octanol–water partition coefficient (Wildman–Crippen LogP) is 3.20. The minimum Gasteiger partial charge on any atom is -0.469 e. The molecule has 1 saturated carbocycles. The number of anilines is 1. The number of carbonyl (C=O) groups is 1. The molecule has 0 atom stereocenters. The van der Waals surface area contributed by atoms with E-state index in [-0.39, 0.29) is 11.4 Å². The van der Waals surface area contributed by atoms with E-state index < -0.39 is 0 Å². The summed E-state index contributed by atoms with van der Waals surface area (Å²) in [6.45, 7) is 0. The van der Waals surface area contributed by atoms with Crippen LogP contribution in [0.25, 0.3) is 0 Å². The van der Waals surface area contributed by atoms with Gasteiger partial charge in [0.1, 0.15) is 0 Å². The van der Waals surface area contributed by atoms with Gasteiger partial charge in [-0.15, -0.1) is 0 Å². The van der Waals surface area contributed by atoms with Gasteiger partial charge in [-0.3, -0.25) is 4.79 Å². The summed E-state index contributed by atoms with van der Waals surface area (Å²) in [4.78, 5) is 11.6. The number of benzene rings is 1. The van der Waals surface area contributed by atoms with Crippen LogP contribution in [0.5, 0.6) is 0 Å². The minimum absolute atomic E-state index is 0.0573. The molecule has 0 unspecified atom stereocenters. The normalized spacial score (nSPS) is 16.3. The maximum atomic E-state index is 11.6. The van der Waals surface area contributed by atoms with Crippen molar-refractivity contribution in [1.29, 1.82) is 0 Å². The topological polar surface area (TPSA) is 52.3 Å². The predicted molar refractivity (Wildman–Crippen MR) is 72.5 cm³/mol.